The summed E-state index contributed by atoms with van der Waals surface area (Å²) in [4.78, 5) is 34.8. The molecule has 8 nitrogen and oxygen atoms in total. The van der Waals surface area contributed by atoms with E-state index in [9.17, 15) is 14.4 Å². The quantitative estimate of drug-likeness (QED) is 0.700. The Bertz CT molecular complexity index is 1010. The first-order valence-corrected chi connectivity index (χ1v) is 7.45. The summed E-state index contributed by atoms with van der Waals surface area (Å²) in [5.74, 6) is -0.348. The van der Waals surface area contributed by atoms with Gasteiger partial charge in [-0.25, -0.2) is 9.89 Å². The van der Waals surface area contributed by atoms with Crippen LogP contribution in [0.1, 0.15) is 16.1 Å². The molecule has 0 radical (unpaired) electrons. The average Bonchev–Trinajstić information content (AvgIpc) is 2.80. The molecule has 1 amide bonds. The zero-order valence-electron chi connectivity index (χ0n) is 13.4. The van der Waals surface area contributed by atoms with Crippen LogP contribution in [0.2, 0.25) is 0 Å². The van der Waals surface area contributed by atoms with Crippen molar-refractivity contribution in [2.24, 2.45) is 14.1 Å². The Morgan fingerprint density at radius 2 is 1.88 bits per heavy atom. The highest BCUT2D eigenvalue weighted by Crippen LogP contribution is 2.14. The second-order valence-electron chi connectivity index (χ2n) is 5.54. The highest BCUT2D eigenvalue weighted by atomic mass is 16.2. The third-order valence-corrected chi connectivity index (χ3v) is 3.95. The third-order valence-electron chi connectivity index (χ3n) is 3.95. The lowest BCUT2D eigenvalue weighted by atomic mass is 10.1. The lowest BCUT2D eigenvalue weighted by molar-refractivity contribution is 0.0948. The number of fused-ring (bicyclic) bond motifs is 1. The van der Waals surface area contributed by atoms with E-state index in [1.807, 2.05) is 18.2 Å². The Labute approximate surface area is 136 Å². The van der Waals surface area contributed by atoms with Crippen molar-refractivity contribution in [1.82, 2.24) is 24.6 Å². The number of benzene rings is 1. The lowest BCUT2D eigenvalue weighted by Crippen LogP contribution is -2.27. The summed E-state index contributed by atoms with van der Waals surface area (Å²) in [5.41, 5.74) is 2.48. The molecule has 0 bridgehead atoms. The molecule has 0 saturated heterocycles. The first kappa shape index (κ1) is 15.7. The van der Waals surface area contributed by atoms with E-state index in [4.69, 9.17) is 0 Å². The number of hydrogen-bond donors (Lipinski definition) is 2. The number of hydrogen-bond acceptors (Lipinski definition) is 4. The largest absolute Gasteiger partial charge is 0.350 e. The molecule has 1 aromatic carbocycles. The SMILES string of the molecule is Cn1c(=O)n(C)c2cc(CCNC(=O)c3ccc(=O)[nH]n3)ccc21. The minimum absolute atomic E-state index is 0.0698. The van der Waals surface area contributed by atoms with Gasteiger partial charge in [-0.2, -0.15) is 5.10 Å². The molecule has 3 aromatic rings. The Balaban J connectivity index is 1.68. The number of nitrogens with one attached hydrogen (secondary N) is 2. The van der Waals surface area contributed by atoms with Gasteiger partial charge in [0.1, 0.15) is 5.69 Å². The highest BCUT2D eigenvalue weighted by Gasteiger charge is 2.09. The molecule has 0 aliphatic carbocycles. The van der Waals surface area contributed by atoms with Crippen LogP contribution < -0.4 is 16.6 Å². The Hall–Kier alpha value is -3.16. The molecular weight excluding hydrogens is 310 g/mol. The van der Waals surface area contributed by atoms with Crippen LogP contribution in [0.4, 0.5) is 0 Å². The fourth-order valence-corrected chi connectivity index (χ4v) is 2.59. The second-order valence-corrected chi connectivity index (χ2v) is 5.54. The van der Waals surface area contributed by atoms with E-state index < -0.39 is 0 Å². The van der Waals surface area contributed by atoms with Gasteiger partial charge in [-0.15, -0.1) is 0 Å². The van der Waals surface area contributed by atoms with E-state index >= 15 is 0 Å². The maximum absolute atomic E-state index is 11.9. The fourth-order valence-electron chi connectivity index (χ4n) is 2.59. The fraction of sp³-hybridized carbons (Fsp3) is 0.250. The van der Waals surface area contributed by atoms with Crippen molar-refractivity contribution in [3.8, 4) is 0 Å². The van der Waals surface area contributed by atoms with Gasteiger partial charge in [-0.3, -0.25) is 18.7 Å². The smallest absolute Gasteiger partial charge is 0.328 e. The topological polar surface area (TPSA) is 102 Å². The summed E-state index contributed by atoms with van der Waals surface area (Å²) in [5, 5.41) is 8.65. The van der Waals surface area contributed by atoms with Crippen LogP contribution in [-0.2, 0) is 20.5 Å². The van der Waals surface area contributed by atoms with Crippen molar-refractivity contribution in [3.05, 3.63) is 62.4 Å². The van der Waals surface area contributed by atoms with Gasteiger partial charge in [-0.1, -0.05) is 6.07 Å². The van der Waals surface area contributed by atoms with Gasteiger partial charge in [0.05, 0.1) is 11.0 Å². The van der Waals surface area contributed by atoms with Crippen molar-refractivity contribution >= 4 is 16.9 Å². The number of aromatic nitrogens is 4. The molecule has 24 heavy (non-hydrogen) atoms. The normalized spacial score (nSPS) is 10.9. The molecule has 0 unspecified atom stereocenters. The number of imidazole rings is 1. The molecule has 2 heterocycles. The molecule has 0 fully saturated rings. The number of carbonyl (C=O) groups is 1. The van der Waals surface area contributed by atoms with E-state index in [-0.39, 0.29) is 22.9 Å². The zero-order chi connectivity index (χ0) is 17.3. The average molecular weight is 327 g/mol. The van der Waals surface area contributed by atoms with Crippen molar-refractivity contribution in [1.29, 1.82) is 0 Å². The molecule has 2 aromatic heterocycles. The van der Waals surface area contributed by atoms with Gasteiger partial charge in [-0.05, 0) is 30.2 Å². The third kappa shape index (κ3) is 2.85. The van der Waals surface area contributed by atoms with E-state index in [0.29, 0.717) is 13.0 Å². The van der Waals surface area contributed by atoms with Gasteiger partial charge in [0.2, 0.25) is 0 Å². The van der Waals surface area contributed by atoms with Gasteiger partial charge >= 0.3 is 5.69 Å². The van der Waals surface area contributed by atoms with Crippen LogP contribution in [0.3, 0.4) is 0 Å². The van der Waals surface area contributed by atoms with Gasteiger partial charge < -0.3 is 5.32 Å². The second kappa shape index (κ2) is 6.15. The number of aryl methyl sites for hydroxylation is 2. The van der Waals surface area contributed by atoms with Gasteiger partial charge in [0.15, 0.2) is 0 Å². The van der Waals surface area contributed by atoms with E-state index in [0.717, 1.165) is 16.6 Å². The van der Waals surface area contributed by atoms with Crippen LogP contribution in [0.25, 0.3) is 11.0 Å². The van der Waals surface area contributed by atoms with Crippen molar-refractivity contribution in [2.45, 2.75) is 6.42 Å². The monoisotopic (exact) mass is 327 g/mol. The van der Waals surface area contributed by atoms with E-state index in [1.54, 1.807) is 23.2 Å². The van der Waals surface area contributed by atoms with Crippen LogP contribution >= 0.6 is 0 Å². The van der Waals surface area contributed by atoms with Crippen molar-refractivity contribution in [2.75, 3.05) is 6.54 Å². The molecule has 0 spiro atoms. The minimum Gasteiger partial charge on any atom is -0.350 e. The molecule has 2 N–H and O–H groups in total. The number of carbonyl (C=O) groups excluding carboxylic acids is 1. The van der Waals surface area contributed by atoms with Crippen LogP contribution in [0.5, 0.6) is 0 Å². The number of aromatic amines is 1. The summed E-state index contributed by atoms with van der Waals surface area (Å²) in [6, 6.07) is 8.41. The first-order chi connectivity index (χ1) is 11.5. The molecule has 0 saturated carbocycles. The molecule has 3 rings (SSSR count). The predicted molar refractivity (Wildman–Crippen MR) is 89.1 cm³/mol. The number of amides is 1. The van der Waals surface area contributed by atoms with Gasteiger partial charge in [0.25, 0.3) is 11.5 Å². The maximum Gasteiger partial charge on any atom is 0.328 e. The van der Waals surface area contributed by atoms with E-state index in [2.05, 4.69) is 15.5 Å². The summed E-state index contributed by atoms with van der Waals surface area (Å²) in [7, 11) is 3.47. The molecular formula is C16H17N5O3. The Morgan fingerprint density at radius 3 is 2.58 bits per heavy atom. The van der Waals surface area contributed by atoms with Crippen molar-refractivity contribution in [3.63, 3.8) is 0 Å². The summed E-state index contributed by atoms with van der Waals surface area (Å²) < 4.78 is 3.20. The van der Waals surface area contributed by atoms with Crippen LogP contribution in [0.15, 0.2) is 39.9 Å². The predicted octanol–water partition coefficient (Wildman–Crippen LogP) is -0.0672. The first-order valence-electron chi connectivity index (χ1n) is 7.45. The molecule has 0 aliphatic rings. The minimum atomic E-state index is -0.353. The Morgan fingerprint density at radius 1 is 1.12 bits per heavy atom. The van der Waals surface area contributed by atoms with Crippen LogP contribution in [0, 0.1) is 0 Å². The summed E-state index contributed by atoms with van der Waals surface area (Å²) >= 11 is 0. The maximum atomic E-state index is 11.9. The lowest BCUT2D eigenvalue weighted by Gasteiger charge is -2.05. The molecule has 124 valence electrons. The van der Waals surface area contributed by atoms with Crippen molar-refractivity contribution < 1.29 is 4.79 Å². The number of nitrogens with zero attached hydrogens (tertiary/aromatic N) is 3. The Kier molecular flexibility index (Phi) is 4.03. The van der Waals surface area contributed by atoms with Gasteiger partial charge in [0, 0.05) is 26.7 Å². The standard InChI is InChI=1S/C16H17N5O3/c1-20-12-5-3-10(9-13(12)21(2)16(20)24)7-8-17-15(23)11-4-6-14(22)19-18-11/h3-6,9H,7-8H2,1-2H3,(H,17,23)(H,19,22). The number of H-pyrrole nitrogens is 1. The summed E-state index contributed by atoms with van der Waals surface area (Å²) in [6.07, 6.45) is 0.619. The number of rotatable bonds is 4. The summed E-state index contributed by atoms with van der Waals surface area (Å²) in [6.45, 7) is 0.423. The highest BCUT2D eigenvalue weighted by molar-refractivity contribution is 5.91. The van der Waals surface area contributed by atoms with Crippen LogP contribution in [-0.4, -0.2) is 31.8 Å². The molecule has 0 aliphatic heterocycles. The zero-order valence-corrected chi connectivity index (χ0v) is 13.4. The molecule has 0 atom stereocenters. The van der Waals surface area contributed by atoms with E-state index in [1.165, 1.54) is 12.1 Å². The molecule has 8 heteroatoms.